The van der Waals surface area contributed by atoms with E-state index in [0.717, 1.165) is 32.7 Å². The van der Waals surface area contributed by atoms with Gasteiger partial charge in [0.25, 0.3) is 0 Å². The zero-order valence-electron chi connectivity index (χ0n) is 12.9. The summed E-state index contributed by atoms with van der Waals surface area (Å²) in [5.74, 6) is -0.0595. The number of piperazine rings is 1. The Morgan fingerprint density at radius 3 is 2.65 bits per heavy atom. The lowest BCUT2D eigenvalue weighted by Crippen LogP contribution is -2.60. The summed E-state index contributed by atoms with van der Waals surface area (Å²) < 4.78 is 5.23. The zero-order valence-corrected chi connectivity index (χ0v) is 12.9. The van der Waals surface area contributed by atoms with Gasteiger partial charge in [0.2, 0.25) is 0 Å². The highest BCUT2D eigenvalue weighted by Gasteiger charge is 2.35. The smallest absolute Gasteiger partial charge is 0.324 e. The van der Waals surface area contributed by atoms with Gasteiger partial charge in [-0.3, -0.25) is 9.69 Å². The first-order valence-corrected chi connectivity index (χ1v) is 8.11. The fraction of sp³-hybridized carbons (Fsp3) is 0.933. The molecule has 1 atom stereocenters. The van der Waals surface area contributed by atoms with Gasteiger partial charge < -0.3 is 15.0 Å². The van der Waals surface area contributed by atoms with Crippen molar-refractivity contribution in [3.05, 3.63) is 0 Å². The number of nitrogens with one attached hydrogen (secondary N) is 1. The molecule has 0 amide bonds. The molecule has 0 spiro atoms. The highest BCUT2D eigenvalue weighted by molar-refractivity contribution is 5.76. The van der Waals surface area contributed by atoms with Gasteiger partial charge in [0, 0.05) is 25.7 Å². The van der Waals surface area contributed by atoms with E-state index < -0.39 is 0 Å². The van der Waals surface area contributed by atoms with E-state index in [1.54, 1.807) is 0 Å². The molecule has 0 aromatic rings. The molecule has 0 radical (unpaired) electrons. The first-order chi connectivity index (χ1) is 9.76. The van der Waals surface area contributed by atoms with Gasteiger partial charge in [-0.15, -0.1) is 0 Å². The average Bonchev–Trinajstić information content (AvgIpc) is 2.49. The Morgan fingerprint density at radius 2 is 2.00 bits per heavy atom. The molecule has 2 saturated heterocycles. The quantitative estimate of drug-likeness (QED) is 0.753. The van der Waals surface area contributed by atoms with Gasteiger partial charge in [0.1, 0.15) is 6.04 Å². The molecule has 2 aliphatic rings. The van der Waals surface area contributed by atoms with Crippen LogP contribution >= 0.6 is 0 Å². The van der Waals surface area contributed by atoms with E-state index in [-0.39, 0.29) is 12.0 Å². The van der Waals surface area contributed by atoms with Crippen LogP contribution in [0.4, 0.5) is 0 Å². The fourth-order valence-electron chi connectivity index (χ4n) is 3.41. The molecule has 0 aromatic heterocycles. The maximum Gasteiger partial charge on any atom is 0.324 e. The van der Waals surface area contributed by atoms with Crippen LogP contribution in [0.5, 0.6) is 0 Å². The standard InChI is InChI=1S/C15H29N3O2/c1-3-8-17-9-5-13(6-10-17)18-11-7-16-12-14(18)15(19)20-4-2/h13-14,16H,3-12H2,1-2H3. The van der Waals surface area contributed by atoms with Crippen LogP contribution in [-0.2, 0) is 9.53 Å². The SMILES string of the molecule is CCCN1CCC(N2CCNCC2C(=O)OCC)CC1. The van der Waals surface area contributed by atoms with Crippen LogP contribution in [-0.4, -0.2) is 73.7 Å². The molecular formula is C15H29N3O2. The summed E-state index contributed by atoms with van der Waals surface area (Å²) in [6.07, 6.45) is 3.58. The number of rotatable bonds is 5. The normalized spacial score (nSPS) is 26.6. The van der Waals surface area contributed by atoms with Crippen molar-refractivity contribution in [2.24, 2.45) is 0 Å². The topological polar surface area (TPSA) is 44.8 Å². The Kier molecular flexibility index (Phi) is 6.26. The molecule has 116 valence electrons. The summed E-state index contributed by atoms with van der Waals surface area (Å²) in [7, 11) is 0. The summed E-state index contributed by atoms with van der Waals surface area (Å²) in [5, 5.41) is 3.32. The number of likely N-dealkylation sites (tertiary alicyclic amines) is 1. The predicted molar refractivity (Wildman–Crippen MR) is 79.7 cm³/mol. The van der Waals surface area contributed by atoms with E-state index in [2.05, 4.69) is 22.0 Å². The molecule has 2 heterocycles. The molecule has 1 unspecified atom stereocenters. The first kappa shape index (κ1) is 15.7. The van der Waals surface area contributed by atoms with Gasteiger partial charge in [-0.05, 0) is 45.8 Å². The molecule has 2 fully saturated rings. The van der Waals surface area contributed by atoms with Crippen LogP contribution in [0, 0.1) is 0 Å². The Labute approximate surface area is 122 Å². The number of piperidine rings is 1. The molecule has 1 N–H and O–H groups in total. The number of nitrogens with zero attached hydrogens (tertiary/aromatic N) is 2. The van der Waals surface area contributed by atoms with Gasteiger partial charge in [-0.25, -0.2) is 0 Å². The minimum absolute atomic E-state index is 0.0595. The summed E-state index contributed by atoms with van der Waals surface area (Å²) in [6.45, 7) is 10.8. The van der Waals surface area contributed by atoms with Crippen molar-refractivity contribution in [1.82, 2.24) is 15.1 Å². The maximum absolute atomic E-state index is 12.1. The second-order valence-electron chi connectivity index (χ2n) is 5.78. The van der Waals surface area contributed by atoms with E-state index >= 15 is 0 Å². The largest absolute Gasteiger partial charge is 0.465 e. The molecule has 5 heteroatoms. The monoisotopic (exact) mass is 283 g/mol. The van der Waals surface area contributed by atoms with Crippen molar-refractivity contribution < 1.29 is 9.53 Å². The second kappa shape index (κ2) is 7.96. The number of carbonyl (C=O) groups is 1. The lowest BCUT2D eigenvalue weighted by Gasteiger charge is -2.43. The molecule has 0 aliphatic carbocycles. The van der Waals surface area contributed by atoms with E-state index in [4.69, 9.17) is 4.74 Å². The average molecular weight is 283 g/mol. The third kappa shape index (κ3) is 3.93. The van der Waals surface area contributed by atoms with Crippen LogP contribution in [0.3, 0.4) is 0 Å². The van der Waals surface area contributed by atoms with E-state index in [9.17, 15) is 4.79 Å². The van der Waals surface area contributed by atoms with Gasteiger partial charge >= 0.3 is 5.97 Å². The second-order valence-corrected chi connectivity index (χ2v) is 5.78. The number of esters is 1. The Balaban J connectivity index is 1.90. The van der Waals surface area contributed by atoms with Gasteiger partial charge in [0.05, 0.1) is 6.61 Å². The molecule has 0 aromatic carbocycles. The summed E-state index contributed by atoms with van der Waals surface area (Å²) in [4.78, 5) is 17.0. The minimum Gasteiger partial charge on any atom is -0.465 e. The van der Waals surface area contributed by atoms with Crippen molar-refractivity contribution in [3.8, 4) is 0 Å². The van der Waals surface area contributed by atoms with Crippen LogP contribution < -0.4 is 5.32 Å². The van der Waals surface area contributed by atoms with Gasteiger partial charge in [-0.1, -0.05) is 6.92 Å². The van der Waals surface area contributed by atoms with Crippen molar-refractivity contribution in [3.63, 3.8) is 0 Å². The first-order valence-electron chi connectivity index (χ1n) is 8.11. The zero-order chi connectivity index (χ0) is 14.4. The van der Waals surface area contributed by atoms with Crippen LogP contribution in [0.1, 0.15) is 33.1 Å². The van der Waals surface area contributed by atoms with Crippen molar-refractivity contribution in [2.75, 3.05) is 45.9 Å². The molecule has 5 nitrogen and oxygen atoms in total. The van der Waals surface area contributed by atoms with Crippen LogP contribution in [0.15, 0.2) is 0 Å². The Bertz CT molecular complexity index is 303. The van der Waals surface area contributed by atoms with E-state index in [0.29, 0.717) is 12.6 Å². The molecular weight excluding hydrogens is 254 g/mol. The third-order valence-corrected chi connectivity index (χ3v) is 4.41. The Hall–Kier alpha value is -0.650. The minimum atomic E-state index is -0.0913. The summed E-state index contributed by atoms with van der Waals surface area (Å²) in [6, 6.07) is 0.450. The van der Waals surface area contributed by atoms with Crippen molar-refractivity contribution in [2.45, 2.75) is 45.2 Å². The molecule has 20 heavy (non-hydrogen) atoms. The number of ether oxygens (including phenoxy) is 1. The molecule has 0 bridgehead atoms. The lowest BCUT2D eigenvalue weighted by atomic mass is 9.99. The predicted octanol–water partition coefficient (Wildman–Crippen LogP) is 0.698. The summed E-state index contributed by atoms with van der Waals surface area (Å²) >= 11 is 0. The van der Waals surface area contributed by atoms with Crippen molar-refractivity contribution >= 4 is 5.97 Å². The molecule has 2 aliphatic heterocycles. The molecule has 0 saturated carbocycles. The van der Waals surface area contributed by atoms with E-state index in [1.165, 1.54) is 25.8 Å². The highest BCUT2D eigenvalue weighted by Crippen LogP contribution is 2.20. The highest BCUT2D eigenvalue weighted by atomic mass is 16.5. The van der Waals surface area contributed by atoms with Crippen molar-refractivity contribution in [1.29, 1.82) is 0 Å². The Morgan fingerprint density at radius 1 is 1.25 bits per heavy atom. The summed E-state index contributed by atoms with van der Waals surface area (Å²) in [5.41, 5.74) is 0. The third-order valence-electron chi connectivity index (χ3n) is 4.41. The lowest BCUT2D eigenvalue weighted by molar-refractivity contribution is -0.151. The maximum atomic E-state index is 12.1. The van der Waals surface area contributed by atoms with Crippen LogP contribution in [0.2, 0.25) is 0 Å². The number of hydrogen-bond acceptors (Lipinski definition) is 5. The number of hydrogen-bond donors (Lipinski definition) is 1. The van der Waals surface area contributed by atoms with E-state index in [1.807, 2.05) is 6.92 Å². The van der Waals surface area contributed by atoms with Gasteiger partial charge in [-0.2, -0.15) is 0 Å². The fourth-order valence-corrected chi connectivity index (χ4v) is 3.41. The number of carbonyl (C=O) groups excluding carboxylic acids is 1. The molecule has 2 rings (SSSR count). The van der Waals surface area contributed by atoms with Gasteiger partial charge in [0.15, 0.2) is 0 Å². The van der Waals surface area contributed by atoms with Crippen LogP contribution in [0.25, 0.3) is 0 Å².